The van der Waals surface area contributed by atoms with Crippen molar-refractivity contribution in [3.8, 4) is 28.7 Å². The van der Waals surface area contributed by atoms with E-state index in [1.54, 1.807) is 0 Å². The summed E-state index contributed by atoms with van der Waals surface area (Å²) in [5.74, 6) is 1.33. The van der Waals surface area contributed by atoms with Gasteiger partial charge in [0.2, 0.25) is 0 Å². The van der Waals surface area contributed by atoms with Crippen LogP contribution >= 0.6 is 0 Å². The van der Waals surface area contributed by atoms with Crippen molar-refractivity contribution in [3.63, 3.8) is 0 Å². The Morgan fingerprint density at radius 3 is 2.21 bits per heavy atom. The van der Waals surface area contributed by atoms with E-state index < -0.39 is 47.4 Å². The Morgan fingerprint density at radius 2 is 1.56 bits per heavy atom. The van der Waals surface area contributed by atoms with Crippen LogP contribution in [0.1, 0.15) is 63.9 Å². The van der Waals surface area contributed by atoms with E-state index in [0.717, 1.165) is 55.9 Å². The number of rotatable bonds is 7. The van der Waals surface area contributed by atoms with Crippen LogP contribution < -0.4 is 4.74 Å². The van der Waals surface area contributed by atoms with Crippen LogP contribution in [0.2, 0.25) is 0 Å². The highest BCUT2D eigenvalue weighted by Gasteiger charge is 2.30. The quantitative estimate of drug-likeness (QED) is 0.162. The first kappa shape index (κ1) is 28.8. The molecule has 0 spiro atoms. The number of halogens is 7. The third kappa shape index (κ3) is 7.26. The van der Waals surface area contributed by atoms with Gasteiger partial charge in [-0.25, -0.2) is 17.6 Å². The average Bonchev–Trinajstić information content (AvgIpc) is 2.87. The van der Waals surface area contributed by atoms with Crippen LogP contribution in [-0.4, -0.2) is 12.8 Å². The number of hydrogen-bond donors (Lipinski definition) is 0. The van der Waals surface area contributed by atoms with Gasteiger partial charge in [0, 0.05) is 16.9 Å². The molecule has 0 radical (unpaired) electrons. The number of benzene rings is 3. The monoisotopic (exact) mass is 550 g/mol. The van der Waals surface area contributed by atoms with E-state index in [2.05, 4.69) is 23.5 Å². The molecule has 1 fully saturated rings. The van der Waals surface area contributed by atoms with Crippen LogP contribution in [0.3, 0.4) is 0 Å². The second-order valence-corrected chi connectivity index (χ2v) is 10.1. The van der Waals surface area contributed by atoms with Crippen molar-refractivity contribution in [3.05, 3.63) is 65.2 Å². The molecule has 39 heavy (non-hydrogen) atoms. The normalized spacial score (nSPS) is 17.6. The number of alkyl halides is 3. The van der Waals surface area contributed by atoms with Crippen molar-refractivity contribution in [1.82, 2.24) is 0 Å². The second-order valence-electron chi connectivity index (χ2n) is 10.1. The van der Waals surface area contributed by atoms with E-state index in [-0.39, 0.29) is 27.8 Å². The van der Waals surface area contributed by atoms with Gasteiger partial charge in [-0.05, 0) is 66.8 Å². The lowest BCUT2D eigenvalue weighted by atomic mass is 9.80. The van der Waals surface area contributed by atoms with Gasteiger partial charge in [0.1, 0.15) is 11.6 Å². The van der Waals surface area contributed by atoms with Gasteiger partial charge in [-0.2, -0.15) is 13.2 Å². The number of unbranched alkanes of at least 4 members (excludes halogenated alkanes) is 2. The highest BCUT2D eigenvalue weighted by atomic mass is 19.4. The Morgan fingerprint density at radius 1 is 0.872 bits per heavy atom. The van der Waals surface area contributed by atoms with Crippen LogP contribution in [0.25, 0.3) is 21.9 Å². The van der Waals surface area contributed by atoms with Gasteiger partial charge in [0.15, 0.2) is 24.0 Å². The molecular weight excluding hydrogens is 521 g/mol. The van der Waals surface area contributed by atoms with Gasteiger partial charge in [-0.15, -0.1) is 0 Å². The lowest BCUT2D eigenvalue weighted by Gasteiger charge is -2.25. The zero-order valence-electron chi connectivity index (χ0n) is 21.5. The smallest absolute Gasteiger partial charge is 0.422 e. The Balaban J connectivity index is 1.51. The van der Waals surface area contributed by atoms with E-state index in [4.69, 9.17) is 0 Å². The SMILES string of the molecule is CCCCCC1CCC(C#Cc2cc(F)c(-c3ccc4c(F)c(OCC(F)(F)F)c(F)cc4c3)c(F)c2)CC1. The van der Waals surface area contributed by atoms with Gasteiger partial charge in [-0.1, -0.05) is 56.6 Å². The van der Waals surface area contributed by atoms with Crippen LogP contribution in [0.15, 0.2) is 36.4 Å². The van der Waals surface area contributed by atoms with Crippen molar-refractivity contribution >= 4 is 10.8 Å². The maximum absolute atomic E-state index is 15.0. The fraction of sp³-hybridized carbons (Fsp3) is 0.419. The number of fused-ring (bicyclic) bond motifs is 1. The van der Waals surface area contributed by atoms with Gasteiger partial charge < -0.3 is 4.74 Å². The molecule has 1 aliphatic carbocycles. The first-order valence-electron chi connectivity index (χ1n) is 13.2. The van der Waals surface area contributed by atoms with Crippen molar-refractivity contribution in [2.24, 2.45) is 11.8 Å². The molecular formula is C31H29F7O. The Hall–Kier alpha value is -3.21. The largest absolute Gasteiger partial charge is 0.478 e. The highest BCUT2D eigenvalue weighted by Crippen LogP contribution is 2.36. The van der Waals surface area contributed by atoms with Crippen LogP contribution in [0.5, 0.6) is 5.75 Å². The summed E-state index contributed by atoms with van der Waals surface area (Å²) in [5.41, 5.74) is -0.183. The summed E-state index contributed by atoms with van der Waals surface area (Å²) in [6, 6.07) is 6.51. The fourth-order valence-electron chi connectivity index (χ4n) is 5.14. The zero-order chi connectivity index (χ0) is 28.2. The summed E-state index contributed by atoms with van der Waals surface area (Å²) in [6.07, 6.45) is 4.34. The molecule has 0 heterocycles. The van der Waals surface area contributed by atoms with Crippen LogP contribution in [0.4, 0.5) is 30.7 Å². The molecule has 208 valence electrons. The molecule has 0 bridgehead atoms. The molecule has 0 amide bonds. The molecule has 0 saturated heterocycles. The lowest BCUT2D eigenvalue weighted by Crippen LogP contribution is -2.20. The number of ether oxygens (including phenoxy) is 1. The standard InChI is InChI=1S/C31H29F7O/c1-2-3-4-5-19-6-8-20(9-7-19)10-11-21-14-25(32)28(26(33)15-21)22-12-13-24-23(16-22)17-27(34)30(29(24)35)39-18-31(36,37)38/h12-17,19-20H,2-9,18H2,1H3. The van der Waals surface area contributed by atoms with Gasteiger partial charge in [0.25, 0.3) is 0 Å². The minimum Gasteiger partial charge on any atom is -0.478 e. The molecule has 8 heteroatoms. The molecule has 0 atom stereocenters. The molecule has 0 aromatic heterocycles. The van der Waals surface area contributed by atoms with Crippen LogP contribution in [0, 0.1) is 46.9 Å². The molecule has 4 rings (SSSR count). The second kappa shape index (κ2) is 12.3. The molecule has 0 unspecified atom stereocenters. The maximum atomic E-state index is 15.0. The van der Waals surface area contributed by atoms with E-state index in [9.17, 15) is 22.0 Å². The summed E-state index contributed by atoms with van der Waals surface area (Å²) in [7, 11) is 0. The van der Waals surface area contributed by atoms with Crippen LogP contribution in [-0.2, 0) is 0 Å². The van der Waals surface area contributed by atoms with Crippen molar-refractivity contribution in [2.75, 3.05) is 6.61 Å². The van der Waals surface area contributed by atoms with Crippen molar-refractivity contribution in [1.29, 1.82) is 0 Å². The van der Waals surface area contributed by atoms with Gasteiger partial charge in [-0.3, -0.25) is 0 Å². The van der Waals surface area contributed by atoms with Gasteiger partial charge >= 0.3 is 6.18 Å². The average molecular weight is 551 g/mol. The molecule has 0 N–H and O–H groups in total. The predicted molar refractivity (Wildman–Crippen MR) is 137 cm³/mol. The fourth-order valence-corrected chi connectivity index (χ4v) is 5.14. The van der Waals surface area contributed by atoms with Gasteiger partial charge in [0.05, 0.1) is 5.56 Å². The first-order valence-corrected chi connectivity index (χ1v) is 13.2. The Kier molecular flexibility index (Phi) is 9.09. The third-order valence-electron chi connectivity index (χ3n) is 7.18. The Labute approximate surface area is 223 Å². The lowest BCUT2D eigenvalue weighted by molar-refractivity contribution is -0.154. The van der Waals surface area contributed by atoms with Crippen molar-refractivity contribution in [2.45, 2.75) is 64.5 Å². The van der Waals surface area contributed by atoms with E-state index in [1.807, 2.05) is 0 Å². The zero-order valence-corrected chi connectivity index (χ0v) is 21.5. The topological polar surface area (TPSA) is 9.23 Å². The molecule has 3 aromatic rings. The summed E-state index contributed by atoms with van der Waals surface area (Å²) in [6.45, 7) is 0.323. The molecule has 3 aromatic carbocycles. The molecule has 1 aliphatic rings. The molecule has 0 aliphatic heterocycles. The van der Waals surface area contributed by atoms with E-state index in [0.29, 0.717) is 0 Å². The van der Waals surface area contributed by atoms with E-state index >= 15 is 8.78 Å². The summed E-state index contributed by atoms with van der Waals surface area (Å²) in [4.78, 5) is 0. The summed E-state index contributed by atoms with van der Waals surface area (Å²) in [5, 5.41) is -0.337. The molecule has 1 saturated carbocycles. The minimum atomic E-state index is -4.78. The minimum absolute atomic E-state index is 0.0150. The van der Waals surface area contributed by atoms with Crippen molar-refractivity contribution < 1.29 is 35.5 Å². The summed E-state index contributed by atoms with van der Waals surface area (Å²) < 4.78 is 101. The van der Waals surface area contributed by atoms with E-state index in [1.165, 1.54) is 37.8 Å². The first-order chi connectivity index (χ1) is 18.6. The third-order valence-corrected chi connectivity index (χ3v) is 7.18. The Bertz CT molecular complexity index is 1350. The predicted octanol–water partition coefficient (Wildman–Crippen LogP) is 9.74. The number of hydrogen-bond acceptors (Lipinski definition) is 1. The highest BCUT2D eigenvalue weighted by molar-refractivity contribution is 5.89. The summed E-state index contributed by atoms with van der Waals surface area (Å²) >= 11 is 0. The molecule has 1 nitrogen and oxygen atoms in total. The maximum Gasteiger partial charge on any atom is 0.422 e.